The zero-order valence-electron chi connectivity index (χ0n) is 24.1. The number of nitrogens with zero attached hydrogens (tertiary/aromatic N) is 3. The summed E-state index contributed by atoms with van der Waals surface area (Å²) in [6, 6.07) is 25.3. The molecule has 5 rings (SSSR count). The van der Waals surface area contributed by atoms with E-state index >= 15 is 0 Å². The van der Waals surface area contributed by atoms with Gasteiger partial charge in [0.05, 0.1) is 12.7 Å². The van der Waals surface area contributed by atoms with Gasteiger partial charge in [-0.1, -0.05) is 48.9 Å². The van der Waals surface area contributed by atoms with Crippen LogP contribution in [-0.2, 0) is 17.8 Å². The Morgan fingerprint density at radius 2 is 1.76 bits per heavy atom. The Labute approximate surface area is 250 Å². The molecule has 1 amide bonds. The number of aromatic nitrogens is 2. The smallest absolute Gasteiger partial charge is 0.296 e. The molecular formula is C34H33ClN4O3. The van der Waals surface area contributed by atoms with E-state index in [4.69, 9.17) is 16.3 Å². The molecule has 8 heteroatoms. The SMILES string of the molecule is CCc1ccccc1N(CC)c1ccc2c(c1)c(C(=O)C(=O)Nc1ccnc(OC)c1)c(C)n2Cc1ccc(Cl)cc1. The van der Waals surface area contributed by atoms with Gasteiger partial charge in [0.1, 0.15) is 0 Å². The number of Topliss-reactive ketones (excluding diaryl/α,β-unsaturated/α-hetero) is 1. The second-order valence-corrected chi connectivity index (χ2v) is 10.4. The van der Waals surface area contributed by atoms with Crippen LogP contribution in [0.4, 0.5) is 17.1 Å². The molecule has 2 heterocycles. The number of halogens is 1. The molecule has 5 aromatic rings. The van der Waals surface area contributed by atoms with Crippen LogP contribution in [0.2, 0.25) is 5.02 Å². The van der Waals surface area contributed by atoms with E-state index in [-0.39, 0.29) is 0 Å². The van der Waals surface area contributed by atoms with Crippen LogP contribution in [0.25, 0.3) is 10.9 Å². The van der Waals surface area contributed by atoms with Crippen LogP contribution in [0.5, 0.6) is 5.88 Å². The van der Waals surface area contributed by atoms with Crippen LogP contribution < -0.4 is 15.0 Å². The first-order valence-electron chi connectivity index (χ1n) is 13.9. The van der Waals surface area contributed by atoms with Crippen molar-refractivity contribution in [3.63, 3.8) is 0 Å². The highest BCUT2D eigenvalue weighted by Crippen LogP contribution is 2.35. The van der Waals surface area contributed by atoms with E-state index in [1.54, 1.807) is 12.1 Å². The second-order valence-electron chi connectivity index (χ2n) is 9.97. The van der Waals surface area contributed by atoms with Crippen LogP contribution in [0.3, 0.4) is 0 Å². The second kappa shape index (κ2) is 12.5. The van der Waals surface area contributed by atoms with E-state index < -0.39 is 11.7 Å². The minimum atomic E-state index is -0.731. The fraction of sp³-hybridized carbons (Fsp3) is 0.206. The molecule has 42 heavy (non-hydrogen) atoms. The summed E-state index contributed by atoms with van der Waals surface area (Å²) in [5.74, 6) is -1.00. The molecule has 0 saturated carbocycles. The van der Waals surface area contributed by atoms with Gasteiger partial charge in [-0.2, -0.15) is 0 Å². The fourth-order valence-electron chi connectivity index (χ4n) is 5.37. The van der Waals surface area contributed by atoms with Crippen molar-refractivity contribution in [1.29, 1.82) is 0 Å². The third kappa shape index (κ3) is 5.74. The lowest BCUT2D eigenvalue weighted by Gasteiger charge is -2.26. The number of hydrogen-bond donors (Lipinski definition) is 1. The maximum absolute atomic E-state index is 13.9. The molecule has 7 nitrogen and oxygen atoms in total. The van der Waals surface area contributed by atoms with E-state index in [9.17, 15) is 9.59 Å². The number of ketones is 1. The molecule has 0 aliphatic rings. The molecule has 3 aromatic carbocycles. The lowest BCUT2D eigenvalue weighted by Crippen LogP contribution is -2.23. The standard InChI is InChI=1S/C34H33ClN4O3/c1-5-24-9-7-8-10-29(24)38(6-2)27-15-16-30-28(20-27)32(22(3)39(30)21-23-11-13-25(35)14-12-23)33(40)34(41)37-26-17-18-36-31(19-26)42-4/h7-20H,5-6,21H2,1-4H3,(H,36,37,41). The number of benzene rings is 3. The molecule has 0 radical (unpaired) electrons. The van der Waals surface area contributed by atoms with Crippen LogP contribution >= 0.6 is 11.6 Å². The van der Waals surface area contributed by atoms with Gasteiger partial charge in [0.25, 0.3) is 11.7 Å². The summed E-state index contributed by atoms with van der Waals surface area (Å²) in [6.07, 6.45) is 2.41. The van der Waals surface area contributed by atoms with Crippen LogP contribution in [0.1, 0.15) is 41.0 Å². The molecule has 0 atom stereocenters. The number of fused-ring (bicyclic) bond motifs is 1. The summed E-state index contributed by atoms with van der Waals surface area (Å²) < 4.78 is 7.24. The minimum absolute atomic E-state index is 0.340. The zero-order valence-corrected chi connectivity index (χ0v) is 24.9. The zero-order chi connectivity index (χ0) is 29.8. The molecule has 0 fully saturated rings. The highest BCUT2D eigenvalue weighted by molar-refractivity contribution is 6.48. The van der Waals surface area contributed by atoms with Gasteiger partial charge >= 0.3 is 0 Å². The van der Waals surface area contributed by atoms with E-state index in [1.165, 1.54) is 18.9 Å². The molecule has 0 aliphatic heterocycles. The van der Waals surface area contributed by atoms with Gasteiger partial charge in [-0.05, 0) is 73.9 Å². The maximum atomic E-state index is 13.9. The summed E-state index contributed by atoms with van der Waals surface area (Å²) in [7, 11) is 1.49. The lowest BCUT2D eigenvalue weighted by atomic mass is 10.0. The summed E-state index contributed by atoms with van der Waals surface area (Å²) in [5.41, 5.74) is 6.71. The van der Waals surface area contributed by atoms with Crippen molar-refractivity contribution >= 4 is 51.3 Å². The molecular weight excluding hydrogens is 548 g/mol. The predicted molar refractivity (Wildman–Crippen MR) is 169 cm³/mol. The normalized spacial score (nSPS) is 11.0. The van der Waals surface area contributed by atoms with E-state index in [0.29, 0.717) is 34.4 Å². The average molecular weight is 581 g/mol. The Morgan fingerprint density at radius 1 is 1.00 bits per heavy atom. The van der Waals surface area contributed by atoms with Gasteiger partial charge in [0.2, 0.25) is 5.88 Å². The molecule has 0 aliphatic carbocycles. The monoisotopic (exact) mass is 580 g/mol. The molecule has 0 saturated heterocycles. The largest absolute Gasteiger partial charge is 0.481 e. The number of nitrogens with one attached hydrogen (secondary N) is 1. The number of hydrogen-bond acceptors (Lipinski definition) is 5. The topological polar surface area (TPSA) is 76.5 Å². The first-order valence-corrected chi connectivity index (χ1v) is 14.3. The number of amides is 1. The third-order valence-corrected chi connectivity index (χ3v) is 7.74. The van der Waals surface area contributed by atoms with Crippen LogP contribution in [0, 0.1) is 6.92 Å². The Kier molecular flexibility index (Phi) is 8.59. The lowest BCUT2D eigenvalue weighted by molar-refractivity contribution is -0.112. The van der Waals surface area contributed by atoms with Crippen LogP contribution in [-0.4, -0.2) is 34.9 Å². The fourth-order valence-corrected chi connectivity index (χ4v) is 5.49. The number of pyridine rings is 1. The van der Waals surface area contributed by atoms with E-state index in [2.05, 4.69) is 51.8 Å². The Bertz CT molecular complexity index is 1760. The number of aryl methyl sites for hydroxylation is 1. The van der Waals surface area contributed by atoms with Gasteiger partial charge in [-0.25, -0.2) is 4.98 Å². The van der Waals surface area contributed by atoms with E-state index in [1.807, 2.05) is 55.5 Å². The summed E-state index contributed by atoms with van der Waals surface area (Å²) >= 11 is 6.13. The van der Waals surface area contributed by atoms with Gasteiger partial charge in [-0.3, -0.25) is 9.59 Å². The number of anilines is 3. The van der Waals surface area contributed by atoms with E-state index in [0.717, 1.165) is 40.8 Å². The van der Waals surface area contributed by atoms with Crippen molar-refractivity contribution in [3.05, 3.63) is 112 Å². The Balaban J connectivity index is 1.62. The summed E-state index contributed by atoms with van der Waals surface area (Å²) in [6.45, 7) is 7.39. The number of ether oxygens (including phenoxy) is 1. The number of carbonyl (C=O) groups excluding carboxylic acids is 2. The molecule has 2 aromatic heterocycles. The molecule has 0 spiro atoms. The summed E-state index contributed by atoms with van der Waals surface area (Å²) in [5, 5.41) is 4.10. The Morgan fingerprint density at radius 3 is 2.48 bits per heavy atom. The number of para-hydroxylation sites is 1. The molecule has 0 unspecified atom stereocenters. The molecule has 0 bridgehead atoms. The van der Waals surface area contributed by atoms with Crippen molar-refractivity contribution in [3.8, 4) is 5.88 Å². The Hall–Kier alpha value is -4.62. The van der Waals surface area contributed by atoms with Crippen molar-refractivity contribution in [2.24, 2.45) is 0 Å². The van der Waals surface area contributed by atoms with Crippen molar-refractivity contribution in [2.75, 3.05) is 23.9 Å². The minimum Gasteiger partial charge on any atom is -0.481 e. The van der Waals surface area contributed by atoms with Crippen molar-refractivity contribution in [2.45, 2.75) is 33.7 Å². The number of carbonyl (C=O) groups is 2. The quantitative estimate of drug-likeness (QED) is 0.136. The van der Waals surface area contributed by atoms with Gasteiger partial charge < -0.3 is 19.5 Å². The van der Waals surface area contributed by atoms with Gasteiger partial charge in [-0.15, -0.1) is 0 Å². The van der Waals surface area contributed by atoms with Crippen molar-refractivity contribution < 1.29 is 14.3 Å². The highest BCUT2D eigenvalue weighted by Gasteiger charge is 2.26. The number of methoxy groups -OCH3 is 1. The highest BCUT2D eigenvalue weighted by atomic mass is 35.5. The molecule has 214 valence electrons. The van der Waals surface area contributed by atoms with Crippen molar-refractivity contribution in [1.82, 2.24) is 9.55 Å². The number of rotatable bonds is 10. The van der Waals surface area contributed by atoms with Gasteiger partial charge in [0, 0.05) is 64.0 Å². The third-order valence-electron chi connectivity index (χ3n) is 7.49. The predicted octanol–water partition coefficient (Wildman–Crippen LogP) is 7.60. The first kappa shape index (κ1) is 28.9. The average Bonchev–Trinajstić information content (AvgIpc) is 3.28. The van der Waals surface area contributed by atoms with Crippen LogP contribution in [0.15, 0.2) is 85.1 Å². The molecule has 1 N–H and O–H groups in total. The first-order chi connectivity index (χ1) is 20.3. The van der Waals surface area contributed by atoms with Gasteiger partial charge in [0.15, 0.2) is 0 Å². The summed E-state index contributed by atoms with van der Waals surface area (Å²) in [4.78, 5) is 33.5. The maximum Gasteiger partial charge on any atom is 0.296 e.